The zero-order chi connectivity index (χ0) is 28.3. The van der Waals surface area contributed by atoms with Gasteiger partial charge in [-0.05, 0) is 73.4 Å². The topological polar surface area (TPSA) is 109 Å². The average molecular weight is 568 g/mol. The van der Waals surface area contributed by atoms with Crippen LogP contribution in [0.25, 0.3) is 0 Å². The van der Waals surface area contributed by atoms with Crippen molar-refractivity contribution < 1.29 is 34.3 Å². The third-order valence-corrected chi connectivity index (χ3v) is 7.74. The molecule has 2 aliphatic heterocycles. The highest BCUT2D eigenvalue weighted by atomic mass is 35.5. The Kier molecular flexibility index (Phi) is 8.63. The number of hydrogen-bond donors (Lipinski definition) is 3. The first-order valence-corrected chi connectivity index (χ1v) is 13.9. The van der Waals surface area contributed by atoms with Gasteiger partial charge in [0.1, 0.15) is 30.3 Å². The quantitative estimate of drug-likeness (QED) is 0.360. The molecule has 2 fully saturated rings. The summed E-state index contributed by atoms with van der Waals surface area (Å²) in [5.74, 6) is -0.722. The van der Waals surface area contributed by atoms with Crippen LogP contribution in [0.4, 0.5) is 0 Å². The van der Waals surface area contributed by atoms with E-state index >= 15 is 0 Å². The molecule has 4 unspecified atom stereocenters. The Labute approximate surface area is 238 Å². The van der Waals surface area contributed by atoms with Crippen LogP contribution < -0.4 is 9.47 Å². The third kappa shape index (κ3) is 6.27. The standard InChI is InChI=1S/C31H34ClNO7/c1-2-38-24-10-7-20(8-11-24)15-22-16-23(9-12-26(22)32)31(37)18-27(34)29(35)28(40-31)19-39-25-6-3-5-21(17-25)30(36)33-13-4-14-33/h3,5-12,16-17,27-29,34-35,37H,2,4,13-15,18-19H2,1H3. The highest BCUT2D eigenvalue weighted by molar-refractivity contribution is 6.31. The van der Waals surface area contributed by atoms with Gasteiger partial charge in [-0.2, -0.15) is 0 Å². The number of carbonyl (C=O) groups excluding carboxylic acids is 1. The molecule has 40 heavy (non-hydrogen) atoms. The number of ether oxygens (including phenoxy) is 3. The minimum Gasteiger partial charge on any atom is -0.494 e. The summed E-state index contributed by atoms with van der Waals surface area (Å²) in [5, 5.41) is 33.4. The van der Waals surface area contributed by atoms with Gasteiger partial charge in [0.05, 0.1) is 12.7 Å². The van der Waals surface area contributed by atoms with E-state index in [2.05, 4.69) is 0 Å². The molecule has 3 aromatic carbocycles. The van der Waals surface area contributed by atoms with Crippen molar-refractivity contribution in [3.63, 3.8) is 0 Å². The number of carbonyl (C=O) groups is 1. The van der Waals surface area contributed by atoms with Crippen molar-refractivity contribution in [2.75, 3.05) is 26.3 Å². The Morgan fingerprint density at radius 3 is 2.52 bits per heavy atom. The fourth-order valence-corrected chi connectivity index (χ4v) is 5.17. The van der Waals surface area contributed by atoms with Crippen LogP contribution in [0.15, 0.2) is 66.7 Å². The number of halogens is 1. The van der Waals surface area contributed by atoms with E-state index in [9.17, 15) is 20.1 Å². The molecule has 1 amide bonds. The van der Waals surface area contributed by atoms with Crippen LogP contribution in [0.5, 0.6) is 11.5 Å². The Morgan fingerprint density at radius 2 is 1.82 bits per heavy atom. The number of nitrogens with zero attached hydrogens (tertiary/aromatic N) is 1. The summed E-state index contributed by atoms with van der Waals surface area (Å²) >= 11 is 6.49. The normalized spacial score (nSPS) is 24.3. The lowest BCUT2D eigenvalue weighted by Gasteiger charge is -2.42. The zero-order valence-corrected chi connectivity index (χ0v) is 23.1. The van der Waals surface area contributed by atoms with Crippen LogP contribution in [0.1, 0.15) is 46.8 Å². The van der Waals surface area contributed by atoms with Gasteiger partial charge in [0.15, 0.2) is 5.79 Å². The number of amides is 1. The van der Waals surface area contributed by atoms with Gasteiger partial charge in [-0.1, -0.05) is 35.9 Å². The predicted octanol–water partition coefficient (Wildman–Crippen LogP) is 3.91. The van der Waals surface area contributed by atoms with E-state index in [0.717, 1.165) is 36.4 Å². The van der Waals surface area contributed by atoms with Gasteiger partial charge in [-0.15, -0.1) is 0 Å². The predicted molar refractivity (Wildman–Crippen MR) is 150 cm³/mol. The molecule has 2 aliphatic rings. The van der Waals surface area contributed by atoms with E-state index in [0.29, 0.717) is 34.9 Å². The summed E-state index contributed by atoms with van der Waals surface area (Å²) in [4.78, 5) is 14.3. The minimum atomic E-state index is -1.87. The smallest absolute Gasteiger partial charge is 0.253 e. The molecule has 2 heterocycles. The van der Waals surface area contributed by atoms with E-state index in [1.54, 1.807) is 47.4 Å². The summed E-state index contributed by atoms with van der Waals surface area (Å²) < 4.78 is 17.3. The molecule has 0 radical (unpaired) electrons. The molecule has 3 N–H and O–H groups in total. The number of rotatable bonds is 9. The van der Waals surface area contributed by atoms with E-state index in [-0.39, 0.29) is 18.9 Å². The Balaban J connectivity index is 1.29. The molecule has 5 rings (SSSR count). The molecule has 4 atom stereocenters. The van der Waals surface area contributed by atoms with Crippen LogP contribution in [0.2, 0.25) is 5.02 Å². The van der Waals surface area contributed by atoms with E-state index in [1.165, 1.54) is 0 Å². The van der Waals surface area contributed by atoms with Crippen LogP contribution in [-0.2, 0) is 16.9 Å². The Bertz CT molecular complexity index is 1330. The number of hydrogen-bond acceptors (Lipinski definition) is 7. The first kappa shape index (κ1) is 28.4. The molecule has 9 heteroatoms. The van der Waals surface area contributed by atoms with Gasteiger partial charge in [-0.3, -0.25) is 4.79 Å². The molecule has 0 bridgehead atoms. The molecule has 3 aromatic rings. The van der Waals surface area contributed by atoms with Crippen LogP contribution in [-0.4, -0.2) is 70.7 Å². The monoisotopic (exact) mass is 567 g/mol. The van der Waals surface area contributed by atoms with Crippen LogP contribution in [0.3, 0.4) is 0 Å². The lowest BCUT2D eigenvalue weighted by atomic mass is 9.89. The first-order chi connectivity index (χ1) is 19.3. The van der Waals surface area contributed by atoms with Crippen molar-refractivity contribution in [3.8, 4) is 11.5 Å². The molecule has 8 nitrogen and oxygen atoms in total. The second kappa shape index (κ2) is 12.2. The van der Waals surface area contributed by atoms with Gasteiger partial charge in [0.2, 0.25) is 0 Å². The molecule has 0 aromatic heterocycles. The van der Waals surface area contributed by atoms with Gasteiger partial charge in [-0.25, -0.2) is 0 Å². The lowest BCUT2D eigenvalue weighted by Crippen LogP contribution is -2.55. The molecule has 0 spiro atoms. The van der Waals surface area contributed by atoms with Crippen molar-refractivity contribution >= 4 is 17.5 Å². The average Bonchev–Trinajstić information content (AvgIpc) is 2.91. The summed E-state index contributed by atoms with van der Waals surface area (Å²) in [6.07, 6.45) is -2.28. The van der Waals surface area contributed by atoms with Crippen LogP contribution >= 0.6 is 11.6 Å². The van der Waals surface area contributed by atoms with Gasteiger partial charge in [0.25, 0.3) is 5.91 Å². The molecule has 0 aliphatic carbocycles. The summed E-state index contributed by atoms with van der Waals surface area (Å²) in [6, 6.07) is 19.6. The summed E-state index contributed by atoms with van der Waals surface area (Å²) in [7, 11) is 0. The van der Waals surface area contributed by atoms with Crippen molar-refractivity contribution in [1.82, 2.24) is 4.90 Å². The van der Waals surface area contributed by atoms with Crippen molar-refractivity contribution in [2.45, 2.75) is 50.3 Å². The summed E-state index contributed by atoms with van der Waals surface area (Å²) in [5.41, 5.74) is 2.71. The fraction of sp³-hybridized carbons (Fsp3) is 0.387. The lowest BCUT2D eigenvalue weighted by molar-refractivity contribution is -0.312. The van der Waals surface area contributed by atoms with Gasteiger partial charge >= 0.3 is 0 Å². The van der Waals surface area contributed by atoms with Crippen LogP contribution in [0, 0.1) is 0 Å². The maximum absolute atomic E-state index is 12.6. The SMILES string of the molecule is CCOc1ccc(Cc2cc(C3(O)CC(O)C(O)C(COc4cccc(C(=O)N5CCC5)c4)O3)ccc2Cl)cc1. The van der Waals surface area contributed by atoms with E-state index < -0.39 is 24.1 Å². The summed E-state index contributed by atoms with van der Waals surface area (Å²) in [6.45, 7) is 3.86. The van der Waals surface area contributed by atoms with Crippen molar-refractivity contribution in [3.05, 3.63) is 94.0 Å². The van der Waals surface area contributed by atoms with Gasteiger partial charge < -0.3 is 34.4 Å². The van der Waals surface area contributed by atoms with Crippen molar-refractivity contribution in [2.24, 2.45) is 0 Å². The molecule has 2 saturated heterocycles. The van der Waals surface area contributed by atoms with Crippen molar-refractivity contribution in [1.29, 1.82) is 0 Å². The second-order valence-corrected chi connectivity index (χ2v) is 10.7. The maximum Gasteiger partial charge on any atom is 0.253 e. The van der Waals surface area contributed by atoms with E-state index in [4.69, 9.17) is 25.8 Å². The first-order valence-electron chi connectivity index (χ1n) is 13.5. The molecular formula is C31H34ClNO7. The largest absolute Gasteiger partial charge is 0.494 e. The Hall–Kier alpha value is -3.14. The fourth-order valence-electron chi connectivity index (χ4n) is 4.98. The second-order valence-electron chi connectivity index (χ2n) is 10.2. The molecular weight excluding hydrogens is 534 g/mol. The zero-order valence-electron chi connectivity index (χ0n) is 22.3. The minimum absolute atomic E-state index is 0.0563. The Morgan fingerprint density at radius 1 is 1.05 bits per heavy atom. The highest BCUT2D eigenvalue weighted by Crippen LogP contribution is 2.38. The molecule has 0 saturated carbocycles. The highest BCUT2D eigenvalue weighted by Gasteiger charge is 2.46. The number of likely N-dealkylation sites (tertiary alicyclic amines) is 1. The number of aliphatic hydroxyl groups is 3. The molecule has 212 valence electrons. The number of aliphatic hydroxyl groups excluding tert-OH is 2. The van der Waals surface area contributed by atoms with E-state index in [1.807, 2.05) is 31.2 Å². The third-order valence-electron chi connectivity index (χ3n) is 7.37. The number of benzene rings is 3. The maximum atomic E-state index is 12.6. The van der Waals surface area contributed by atoms with Gasteiger partial charge in [0, 0.05) is 35.7 Å².